The van der Waals surface area contributed by atoms with E-state index in [1.807, 2.05) is 0 Å². The number of carbonyl (C=O) groups excluding carboxylic acids is 1. The van der Waals surface area contributed by atoms with Crippen LogP contribution < -0.4 is 10.6 Å². The largest absolute Gasteiger partial charge is 0.381 e. The second-order valence-electron chi connectivity index (χ2n) is 6.16. The van der Waals surface area contributed by atoms with E-state index in [0.717, 1.165) is 32.4 Å². The number of aromatic nitrogens is 3. The van der Waals surface area contributed by atoms with E-state index in [-0.39, 0.29) is 11.9 Å². The number of ether oxygens (including phenoxy) is 1. The molecule has 2 saturated heterocycles. The number of hydrogen-bond donors (Lipinski definition) is 2. The summed E-state index contributed by atoms with van der Waals surface area (Å²) in [7, 11) is 0. The molecule has 7 heteroatoms. The monoisotopic (exact) mass is 307 g/mol. The van der Waals surface area contributed by atoms with Gasteiger partial charge in [0.25, 0.3) is 5.91 Å². The van der Waals surface area contributed by atoms with Gasteiger partial charge in [-0.2, -0.15) is 0 Å². The molecule has 0 aromatic carbocycles. The third kappa shape index (κ3) is 4.27. The maximum atomic E-state index is 12.2. The van der Waals surface area contributed by atoms with Gasteiger partial charge in [-0.05, 0) is 38.6 Å². The highest BCUT2D eigenvalue weighted by atomic mass is 16.5. The molecule has 122 valence electrons. The highest BCUT2D eigenvalue weighted by Gasteiger charge is 2.19. The number of nitrogens with zero attached hydrogens (tertiary/aromatic N) is 3. The Morgan fingerprint density at radius 3 is 3.00 bits per heavy atom. The minimum atomic E-state index is -0.131. The van der Waals surface area contributed by atoms with E-state index in [1.54, 1.807) is 10.9 Å². The number of rotatable bonds is 5. The molecule has 3 heterocycles. The minimum absolute atomic E-state index is 0.131. The van der Waals surface area contributed by atoms with Crippen molar-refractivity contribution in [2.75, 3.05) is 19.8 Å². The summed E-state index contributed by atoms with van der Waals surface area (Å²) in [6, 6.07) is 0.760. The maximum absolute atomic E-state index is 12.2. The van der Waals surface area contributed by atoms with E-state index in [1.165, 1.54) is 19.3 Å². The summed E-state index contributed by atoms with van der Waals surface area (Å²) < 4.78 is 7.06. The molecule has 22 heavy (non-hydrogen) atoms. The molecule has 0 radical (unpaired) electrons. The molecule has 0 unspecified atom stereocenters. The van der Waals surface area contributed by atoms with Crippen molar-refractivity contribution in [2.24, 2.45) is 0 Å². The molecule has 2 aliphatic heterocycles. The van der Waals surface area contributed by atoms with Crippen LogP contribution in [0.3, 0.4) is 0 Å². The number of carbonyl (C=O) groups is 1. The van der Waals surface area contributed by atoms with Crippen LogP contribution in [-0.4, -0.2) is 52.7 Å². The van der Waals surface area contributed by atoms with Gasteiger partial charge in [-0.15, -0.1) is 5.10 Å². The number of aryl methyl sites for hydroxylation is 1. The molecule has 0 saturated carbocycles. The van der Waals surface area contributed by atoms with Crippen LogP contribution >= 0.6 is 0 Å². The number of piperidine rings is 1. The zero-order valence-corrected chi connectivity index (χ0v) is 13.0. The Morgan fingerprint density at radius 2 is 2.23 bits per heavy atom. The second kappa shape index (κ2) is 7.69. The molecule has 1 aromatic rings. The van der Waals surface area contributed by atoms with Crippen LogP contribution in [0.1, 0.15) is 49.0 Å². The molecule has 7 nitrogen and oxygen atoms in total. The maximum Gasteiger partial charge on any atom is 0.273 e. The van der Waals surface area contributed by atoms with Crippen LogP contribution in [-0.2, 0) is 11.3 Å². The van der Waals surface area contributed by atoms with Crippen LogP contribution in [0.15, 0.2) is 6.20 Å². The summed E-state index contributed by atoms with van der Waals surface area (Å²) in [5.74, 6) is -0.131. The fourth-order valence-electron chi connectivity index (χ4n) is 3.07. The van der Waals surface area contributed by atoms with E-state index < -0.39 is 0 Å². The van der Waals surface area contributed by atoms with Gasteiger partial charge in [-0.3, -0.25) is 9.48 Å². The fraction of sp³-hybridized carbons (Fsp3) is 0.800. The average Bonchev–Trinajstić information content (AvgIpc) is 3.04. The molecule has 2 aliphatic rings. The highest BCUT2D eigenvalue weighted by molar-refractivity contribution is 5.92. The van der Waals surface area contributed by atoms with Gasteiger partial charge in [0.1, 0.15) is 0 Å². The third-order valence-corrected chi connectivity index (χ3v) is 4.45. The van der Waals surface area contributed by atoms with Gasteiger partial charge in [0.2, 0.25) is 0 Å². The minimum Gasteiger partial charge on any atom is -0.381 e. The lowest BCUT2D eigenvalue weighted by Crippen LogP contribution is -2.39. The van der Waals surface area contributed by atoms with Crippen molar-refractivity contribution >= 4 is 5.91 Å². The van der Waals surface area contributed by atoms with E-state index in [2.05, 4.69) is 20.9 Å². The zero-order chi connectivity index (χ0) is 15.2. The first-order valence-corrected chi connectivity index (χ1v) is 8.33. The first kappa shape index (κ1) is 15.4. The quantitative estimate of drug-likeness (QED) is 0.838. The predicted octanol–water partition coefficient (Wildman–Crippen LogP) is 0.719. The van der Waals surface area contributed by atoms with E-state index in [0.29, 0.717) is 24.9 Å². The number of amides is 1. The van der Waals surface area contributed by atoms with Gasteiger partial charge >= 0.3 is 0 Å². The van der Waals surface area contributed by atoms with Crippen molar-refractivity contribution in [3.05, 3.63) is 11.9 Å². The van der Waals surface area contributed by atoms with Crippen LogP contribution in [0.25, 0.3) is 0 Å². The summed E-state index contributed by atoms with van der Waals surface area (Å²) in [5.41, 5.74) is 0.406. The van der Waals surface area contributed by atoms with Crippen LogP contribution in [0.5, 0.6) is 0 Å². The summed E-state index contributed by atoms with van der Waals surface area (Å²) in [5, 5.41) is 14.6. The molecule has 2 N–H and O–H groups in total. The van der Waals surface area contributed by atoms with Crippen LogP contribution in [0.4, 0.5) is 0 Å². The Labute approximate surface area is 130 Å². The zero-order valence-electron chi connectivity index (χ0n) is 13.0. The second-order valence-corrected chi connectivity index (χ2v) is 6.16. The highest BCUT2D eigenvalue weighted by Crippen LogP contribution is 2.11. The molecule has 2 fully saturated rings. The molecule has 1 amide bonds. The Bertz CT molecular complexity index is 478. The molecule has 3 rings (SSSR count). The normalized spacial score (nSPS) is 23.4. The van der Waals surface area contributed by atoms with Crippen LogP contribution in [0, 0.1) is 0 Å². The Hall–Kier alpha value is -1.47. The average molecular weight is 307 g/mol. The predicted molar refractivity (Wildman–Crippen MR) is 81.6 cm³/mol. The van der Waals surface area contributed by atoms with Gasteiger partial charge in [0.05, 0.1) is 6.20 Å². The molecular weight excluding hydrogens is 282 g/mol. The summed E-state index contributed by atoms with van der Waals surface area (Å²) in [4.78, 5) is 12.2. The van der Waals surface area contributed by atoms with Crippen LogP contribution in [0.2, 0.25) is 0 Å². The lowest BCUT2D eigenvalue weighted by atomic mass is 10.0. The lowest BCUT2D eigenvalue weighted by Gasteiger charge is -2.23. The molecule has 0 aliphatic carbocycles. The number of hydrogen-bond acceptors (Lipinski definition) is 5. The van der Waals surface area contributed by atoms with Gasteiger partial charge in [-0.25, -0.2) is 0 Å². The Kier molecular flexibility index (Phi) is 5.39. The first-order valence-electron chi connectivity index (χ1n) is 8.33. The summed E-state index contributed by atoms with van der Waals surface area (Å²) in [6.07, 6.45) is 8.32. The smallest absolute Gasteiger partial charge is 0.273 e. The van der Waals surface area contributed by atoms with Crippen molar-refractivity contribution in [3.8, 4) is 0 Å². The SMILES string of the molecule is O=C(NC1CCOCC1)c1cn(CC[C@@H]2CCCCN2)nn1. The summed E-state index contributed by atoms with van der Waals surface area (Å²) in [6.45, 7) is 3.34. The van der Waals surface area contributed by atoms with E-state index >= 15 is 0 Å². The first-order chi connectivity index (χ1) is 10.8. The summed E-state index contributed by atoms with van der Waals surface area (Å²) >= 11 is 0. The molecular formula is C15H25N5O2. The Balaban J connectivity index is 1.46. The standard InChI is InChI=1S/C15H25N5O2/c21-15(17-13-5-9-22-10-6-13)14-11-20(19-18-14)8-4-12-3-1-2-7-16-12/h11-13,16H,1-10H2,(H,17,21)/t12-/m0/s1. The van der Waals surface area contributed by atoms with E-state index in [4.69, 9.17) is 4.74 Å². The molecule has 0 bridgehead atoms. The van der Waals surface area contributed by atoms with Crippen molar-refractivity contribution in [2.45, 2.75) is 57.2 Å². The van der Waals surface area contributed by atoms with Crippen molar-refractivity contribution in [3.63, 3.8) is 0 Å². The Morgan fingerprint density at radius 1 is 1.36 bits per heavy atom. The van der Waals surface area contributed by atoms with Gasteiger partial charge in [-0.1, -0.05) is 11.6 Å². The molecule has 1 aromatic heterocycles. The number of nitrogens with one attached hydrogen (secondary N) is 2. The molecule has 0 spiro atoms. The lowest BCUT2D eigenvalue weighted by molar-refractivity contribution is 0.0694. The van der Waals surface area contributed by atoms with E-state index in [9.17, 15) is 4.79 Å². The fourth-order valence-corrected chi connectivity index (χ4v) is 3.07. The van der Waals surface area contributed by atoms with Gasteiger partial charge in [0.15, 0.2) is 5.69 Å². The van der Waals surface area contributed by atoms with Gasteiger partial charge < -0.3 is 15.4 Å². The topological polar surface area (TPSA) is 81.1 Å². The molecule has 1 atom stereocenters. The van der Waals surface area contributed by atoms with Gasteiger partial charge in [0, 0.05) is 31.8 Å². The van der Waals surface area contributed by atoms with Crippen molar-refractivity contribution in [1.82, 2.24) is 25.6 Å². The van der Waals surface area contributed by atoms with Crippen molar-refractivity contribution < 1.29 is 9.53 Å². The van der Waals surface area contributed by atoms with Crippen molar-refractivity contribution in [1.29, 1.82) is 0 Å². The third-order valence-electron chi connectivity index (χ3n) is 4.45.